The highest BCUT2D eigenvalue weighted by atomic mass is 32.2. The van der Waals surface area contributed by atoms with Crippen molar-refractivity contribution in [2.75, 3.05) is 0 Å². The van der Waals surface area contributed by atoms with Crippen LogP contribution >= 0.6 is 0 Å². The predicted octanol–water partition coefficient (Wildman–Crippen LogP) is 0.647. The van der Waals surface area contributed by atoms with Crippen LogP contribution in [0.3, 0.4) is 0 Å². The first-order valence-corrected chi connectivity index (χ1v) is 6.43. The van der Waals surface area contributed by atoms with E-state index in [1.165, 1.54) is 24.3 Å². The van der Waals surface area contributed by atoms with Crippen molar-refractivity contribution < 1.29 is 23.1 Å². The van der Waals surface area contributed by atoms with Crippen molar-refractivity contribution in [1.29, 1.82) is 0 Å². The fourth-order valence-electron chi connectivity index (χ4n) is 1.87. The molecule has 1 fully saturated rings. The minimum absolute atomic E-state index is 0.0603. The smallest absolute Gasteiger partial charge is 0.326 e. The van der Waals surface area contributed by atoms with Crippen molar-refractivity contribution >= 4 is 21.6 Å². The molecule has 0 aromatic heterocycles. The van der Waals surface area contributed by atoms with Gasteiger partial charge in [-0.05, 0) is 12.1 Å². The Morgan fingerprint density at radius 1 is 1.18 bits per heavy atom. The minimum Gasteiger partial charge on any atom is -0.480 e. The number of aliphatic carboxylic acids is 1. The average Bonchev–Trinajstić information content (AvgIpc) is 2.25. The molecule has 1 aromatic rings. The Morgan fingerprint density at radius 3 is 2.12 bits per heavy atom. The van der Waals surface area contributed by atoms with Gasteiger partial charge in [0.05, 0.1) is 4.90 Å². The monoisotopic (exact) mass is 254 g/mol. The van der Waals surface area contributed by atoms with Crippen LogP contribution in [0.5, 0.6) is 0 Å². The number of benzene rings is 1. The molecule has 1 N–H and O–H groups in total. The number of rotatable bonds is 3. The van der Waals surface area contributed by atoms with Gasteiger partial charge < -0.3 is 5.11 Å². The van der Waals surface area contributed by atoms with Gasteiger partial charge >= 0.3 is 5.97 Å². The van der Waals surface area contributed by atoms with Gasteiger partial charge in [-0.25, -0.2) is 8.42 Å². The van der Waals surface area contributed by atoms with Crippen LogP contribution in [0.2, 0.25) is 0 Å². The topological polar surface area (TPSA) is 88.5 Å². The van der Waals surface area contributed by atoms with Crippen molar-refractivity contribution in [2.45, 2.75) is 22.5 Å². The predicted molar refractivity (Wildman–Crippen MR) is 58.2 cm³/mol. The van der Waals surface area contributed by atoms with Crippen LogP contribution in [-0.2, 0) is 19.4 Å². The first kappa shape index (κ1) is 11.8. The van der Waals surface area contributed by atoms with Crippen LogP contribution in [0, 0.1) is 0 Å². The molecule has 0 radical (unpaired) electrons. The van der Waals surface area contributed by atoms with Gasteiger partial charge in [0.25, 0.3) is 0 Å². The van der Waals surface area contributed by atoms with Crippen LogP contribution in [0.15, 0.2) is 35.2 Å². The molecule has 0 amide bonds. The molecule has 6 heteroatoms. The van der Waals surface area contributed by atoms with E-state index in [-0.39, 0.29) is 10.7 Å². The van der Waals surface area contributed by atoms with Gasteiger partial charge in [-0.1, -0.05) is 18.2 Å². The van der Waals surface area contributed by atoms with E-state index in [9.17, 15) is 18.0 Å². The first-order valence-electron chi connectivity index (χ1n) is 4.95. The number of carboxylic acids is 1. The molecule has 0 heterocycles. The van der Waals surface area contributed by atoms with Crippen molar-refractivity contribution in [3.05, 3.63) is 30.3 Å². The summed E-state index contributed by atoms with van der Waals surface area (Å²) in [5.74, 6) is -1.80. The molecule has 1 aliphatic carbocycles. The maximum atomic E-state index is 12.2. The zero-order chi connectivity index (χ0) is 12.7. The summed E-state index contributed by atoms with van der Waals surface area (Å²) in [6.45, 7) is 0. The highest BCUT2D eigenvalue weighted by Gasteiger charge is 2.60. The Kier molecular flexibility index (Phi) is 2.54. The molecule has 1 aromatic carbocycles. The molecule has 0 saturated heterocycles. The van der Waals surface area contributed by atoms with Crippen LogP contribution in [0.1, 0.15) is 12.8 Å². The molecule has 1 saturated carbocycles. The summed E-state index contributed by atoms with van der Waals surface area (Å²) < 4.78 is 22.4. The van der Waals surface area contributed by atoms with Crippen LogP contribution in [0.25, 0.3) is 0 Å². The van der Waals surface area contributed by atoms with Crippen molar-refractivity contribution in [3.63, 3.8) is 0 Å². The Labute approximate surface area is 98.0 Å². The quantitative estimate of drug-likeness (QED) is 0.855. The van der Waals surface area contributed by atoms with Gasteiger partial charge in [-0.2, -0.15) is 0 Å². The van der Waals surface area contributed by atoms with E-state index in [1.54, 1.807) is 6.07 Å². The summed E-state index contributed by atoms with van der Waals surface area (Å²) in [4.78, 5) is 22.0. The van der Waals surface area contributed by atoms with Gasteiger partial charge in [0, 0.05) is 12.8 Å². The highest BCUT2D eigenvalue weighted by Crippen LogP contribution is 2.40. The van der Waals surface area contributed by atoms with Crippen LogP contribution in [-0.4, -0.2) is 30.0 Å². The van der Waals surface area contributed by atoms with Gasteiger partial charge in [0.15, 0.2) is 14.6 Å². The summed E-state index contributed by atoms with van der Waals surface area (Å²) in [6.07, 6.45) is -0.890. The third kappa shape index (κ3) is 1.56. The van der Waals surface area contributed by atoms with Gasteiger partial charge in [-0.3, -0.25) is 9.59 Å². The second kappa shape index (κ2) is 3.66. The number of carboxylic acid groups (broad SMARTS) is 1. The third-order valence-electron chi connectivity index (χ3n) is 2.92. The Bertz CT molecular complexity index is 565. The standard InChI is InChI=1S/C11H10O5S/c12-8-6-11(7-8,10(13)14)17(15,16)9-4-2-1-3-5-9/h1-5H,6-7H2,(H,13,14). The second-order valence-corrected chi connectivity index (χ2v) is 6.27. The van der Waals surface area contributed by atoms with E-state index in [1.807, 2.05) is 0 Å². The van der Waals surface area contributed by atoms with Gasteiger partial charge in [0.1, 0.15) is 5.78 Å². The van der Waals surface area contributed by atoms with E-state index < -0.39 is 33.4 Å². The Morgan fingerprint density at radius 2 is 1.71 bits per heavy atom. The van der Waals surface area contributed by atoms with E-state index >= 15 is 0 Å². The Hall–Kier alpha value is -1.69. The lowest BCUT2D eigenvalue weighted by Gasteiger charge is -2.35. The molecular weight excluding hydrogens is 244 g/mol. The Balaban J connectivity index is 2.52. The molecule has 0 unspecified atom stereocenters. The van der Waals surface area contributed by atoms with Gasteiger partial charge in [0.2, 0.25) is 0 Å². The maximum Gasteiger partial charge on any atom is 0.326 e. The lowest BCUT2D eigenvalue weighted by atomic mass is 9.83. The number of hydrogen-bond acceptors (Lipinski definition) is 4. The highest BCUT2D eigenvalue weighted by molar-refractivity contribution is 7.93. The van der Waals surface area contributed by atoms with E-state index in [0.717, 1.165) is 0 Å². The van der Waals surface area contributed by atoms with Crippen molar-refractivity contribution in [3.8, 4) is 0 Å². The van der Waals surface area contributed by atoms with E-state index in [4.69, 9.17) is 5.11 Å². The van der Waals surface area contributed by atoms with E-state index in [0.29, 0.717) is 0 Å². The summed E-state index contributed by atoms with van der Waals surface area (Å²) in [6, 6.07) is 7.34. The van der Waals surface area contributed by atoms with Crippen LogP contribution in [0.4, 0.5) is 0 Å². The zero-order valence-corrected chi connectivity index (χ0v) is 9.61. The van der Waals surface area contributed by atoms with Gasteiger partial charge in [-0.15, -0.1) is 0 Å². The number of Topliss-reactive ketones (excluding diaryl/α,β-unsaturated/α-hetero) is 1. The molecule has 0 atom stereocenters. The van der Waals surface area contributed by atoms with E-state index in [2.05, 4.69) is 0 Å². The molecule has 1 aliphatic rings. The minimum atomic E-state index is -4.02. The molecule has 90 valence electrons. The number of carbonyl (C=O) groups excluding carboxylic acids is 1. The SMILES string of the molecule is O=C1CC(C(=O)O)(S(=O)(=O)c2ccccc2)C1. The maximum absolute atomic E-state index is 12.2. The molecule has 0 bridgehead atoms. The zero-order valence-electron chi connectivity index (χ0n) is 8.79. The lowest BCUT2D eigenvalue weighted by molar-refractivity contribution is -0.147. The number of ketones is 1. The summed E-state index contributed by atoms with van der Waals surface area (Å²) in [5.41, 5.74) is 0. The number of sulfone groups is 1. The molecule has 2 rings (SSSR count). The molecule has 17 heavy (non-hydrogen) atoms. The van der Waals surface area contributed by atoms with Crippen molar-refractivity contribution in [1.82, 2.24) is 0 Å². The molecule has 0 aliphatic heterocycles. The largest absolute Gasteiger partial charge is 0.480 e. The number of hydrogen-bond donors (Lipinski definition) is 1. The lowest BCUT2D eigenvalue weighted by Crippen LogP contribution is -2.56. The average molecular weight is 254 g/mol. The third-order valence-corrected chi connectivity index (χ3v) is 5.31. The summed E-state index contributed by atoms with van der Waals surface area (Å²) in [7, 11) is -4.02. The second-order valence-electron chi connectivity index (χ2n) is 4.01. The fourth-order valence-corrected chi connectivity index (χ4v) is 3.77. The normalized spacial score (nSPS) is 18.5. The molecule has 0 spiro atoms. The first-order chi connectivity index (χ1) is 7.90. The summed E-state index contributed by atoms with van der Waals surface area (Å²) >= 11 is 0. The number of carbonyl (C=O) groups is 2. The molecule has 5 nitrogen and oxygen atoms in total. The summed E-state index contributed by atoms with van der Waals surface area (Å²) in [5, 5.41) is 9.07. The molecular formula is C11H10O5S. The van der Waals surface area contributed by atoms with Crippen molar-refractivity contribution in [2.24, 2.45) is 0 Å². The fraction of sp³-hybridized carbons (Fsp3) is 0.273. The van der Waals surface area contributed by atoms with Crippen LogP contribution < -0.4 is 0 Å².